The van der Waals surface area contributed by atoms with Gasteiger partial charge in [-0.05, 0) is 120 Å². The van der Waals surface area contributed by atoms with Gasteiger partial charge in [-0.1, -0.05) is 218 Å². The Labute approximate surface area is 354 Å². The summed E-state index contributed by atoms with van der Waals surface area (Å²) in [5.41, 5.74) is 17.5. The van der Waals surface area contributed by atoms with Crippen molar-refractivity contribution in [2.75, 3.05) is 0 Å². The van der Waals surface area contributed by atoms with Crippen LogP contribution in [-0.4, -0.2) is 7.38 Å². The molecule has 0 aromatic heterocycles. The van der Waals surface area contributed by atoms with Gasteiger partial charge < -0.3 is 0 Å². The Bertz CT molecular complexity index is 2550. The van der Waals surface area contributed by atoms with Gasteiger partial charge in [-0.25, -0.2) is 0 Å². The van der Waals surface area contributed by atoms with Gasteiger partial charge in [0.15, 0.2) is 0 Å². The van der Waals surface area contributed by atoms with E-state index in [1.807, 2.05) is 0 Å². The van der Waals surface area contributed by atoms with Crippen LogP contribution >= 0.6 is 11.1 Å². The molecular formula is C57H45ClSi. The SMILES string of the molecule is Cc1ccc(-c2ccccc2)c([Si](Cl)(c2c(-c3ccccc3)ccc(C)c2-c2ccccc2)c2c(-c3ccccc3)ccc(C)c2-c2ccccc2)c1-c1ccccc1. The topological polar surface area (TPSA) is 0 Å². The molecule has 59 heavy (non-hydrogen) atoms. The molecule has 0 spiro atoms. The Morgan fingerprint density at radius 2 is 0.458 bits per heavy atom. The van der Waals surface area contributed by atoms with Gasteiger partial charge in [-0.3, -0.25) is 0 Å². The summed E-state index contributed by atoms with van der Waals surface area (Å²) in [7, 11) is -3.86. The van der Waals surface area contributed by atoms with E-state index < -0.39 is 7.38 Å². The molecule has 0 unspecified atom stereocenters. The Balaban J connectivity index is 1.62. The molecule has 2 heteroatoms. The first kappa shape index (κ1) is 38.0. The molecule has 0 N–H and O–H groups in total. The maximum atomic E-state index is 9.60. The summed E-state index contributed by atoms with van der Waals surface area (Å²) < 4.78 is 0. The fourth-order valence-corrected chi connectivity index (χ4v) is 15.4. The van der Waals surface area contributed by atoms with Crippen molar-refractivity contribution in [1.29, 1.82) is 0 Å². The van der Waals surface area contributed by atoms with Crippen molar-refractivity contribution in [2.45, 2.75) is 20.8 Å². The summed E-state index contributed by atoms with van der Waals surface area (Å²) in [6.45, 7) is 6.77. The van der Waals surface area contributed by atoms with Crippen LogP contribution in [0.4, 0.5) is 0 Å². The van der Waals surface area contributed by atoms with Crippen LogP contribution in [0.2, 0.25) is 0 Å². The highest BCUT2D eigenvalue weighted by Gasteiger charge is 2.49. The number of hydrogen-bond acceptors (Lipinski definition) is 0. The van der Waals surface area contributed by atoms with Crippen LogP contribution in [-0.2, 0) is 0 Å². The van der Waals surface area contributed by atoms with Crippen molar-refractivity contribution in [2.24, 2.45) is 0 Å². The highest BCUT2D eigenvalue weighted by atomic mass is 35.6. The van der Waals surface area contributed by atoms with Crippen LogP contribution in [0.15, 0.2) is 218 Å². The van der Waals surface area contributed by atoms with Gasteiger partial charge >= 0.3 is 0 Å². The van der Waals surface area contributed by atoms with Crippen LogP contribution < -0.4 is 15.6 Å². The minimum atomic E-state index is -3.86. The van der Waals surface area contributed by atoms with Crippen molar-refractivity contribution in [3.05, 3.63) is 235 Å². The number of rotatable bonds is 9. The molecule has 0 nitrogen and oxygen atoms in total. The zero-order valence-corrected chi connectivity index (χ0v) is 35.4. The lowest BCUT2D eigenvalue weighted by Crippen LogP contribution is -2.66. The third kappa shape index (κ3) is 6.97. The van der Waals surface area contributed by atoms with E-state index in [0.717, 1.165) is 50.1 Å². The summed E-state index contributed by atoms with van der Waals surface area (Å²) in [4.78, 5) is 0. The fraction of sp³-hybridized carbons (Fsp3) is 0.0526. The lowest BCUT2D eigenvalue weighted by atomic mass is 9.94. The lowest BCUT2D eigenvalue weighted by molar-refractivity contribution is 1.45. The quantitative estimate of drug-likeness (QED) is 0.0776. The summed E-state index contributed by atoms with van der Waals surface area (Å²) in [6, 6.07) is 79.3. The van der Waals surface area contributed by atoms with Gasteiger partial charge in [0, 0.05) is 0 Å². The standard InChI is InChI=1S/C57H45ClSi/c1-40-34-37-49(43-22-10-4-11-23-43)55(52(40)46-28-16-7-17-29-46)59(58,56-50(44-24-12-5-13-25-44)38-35-41(2)53(56)47-30-18-8-19-31-47)57-51(45-26-14-6-15-27-45)39-36-42(3)54(57)48-32-20-9-21-33-48/h4-39H,1-3H3. The van der Waals surface area contributed by atoms with E-state index >= 15 is 0 Å². The van der Waals surface area contributed by atoms with E-state index in [9.17, 15) is 11.1 Å². The molecule has 0 saturated heterocycles. The molecule has 9 rings (SSSR count). The fourth-order valence-electron chi connectivity index (χ4n) is 9.07. The second-order valence-corrected chi connectivity index (χ2v) is 19.9. The predicted octanol–water partition coefficient (Wildman–Crippen LogP) is 13.8. The van der Waals surface area contributed by atoms with Crippen molar-refractivity contribution in [3.63, 3.8) is 0 Å². The number of aryl methyl sites for hydroxylation is 3. The van der Waals surface area contributed by atoms with Gasteiger partial charge in [0.05, 0.1) is 0 Å². The Morgan fingerprint density at radius 3 is 0.678 bits per heavy atom. The third-order valence-electron chi connectivity index (χ3n) is 11.7. The van der Waals surface area contributed by atoms with E-state index in [1.54, 1.807) is 0 Å². The van der Waals surface area contributed by atoms with Crippen LogP contribution in [0.5, 0.6) is 0 Å². The molecule has 0 atom stereocenters. The predicted molar refractivity (Wildman–Crippen MR) is 257 cm³/mol. The van der Waals surface area contributed by atoms with Crippen molar-refractivity contribution >= 4 is 34.0 Å². The molecule has 9 aromatic rings. The van der Waals surface area contributed by atoms with Crippen LogP contribution in [0.1, 0.15) is 16.7 Å². The minimum absolute atomic E-state index is 1.14. The van der Waals surface area contributed by atoms with E-state index in [1.165, 1.54) is 48.9 Å². The van der Waals surface area contributed by atoms with Crippen molar-refractivity contribution < 1.29 is 0 Å². The molecule has 0 saturated carbocycles. The largest absolute Gasteiger partial charge is 0.251 e. The van der Waals surface area contributed by atoms with Gasteiger partial charge in [0.2, 0.25) is 0 Å². The first-order valence-electron chi connectivity index (χ1n) is 20.4. The van der Waals surface area contributed by atoms with Gasteiger partial charge in [-0.15, -0.1) is 11.1 Å². The summed E-state index contributed by atoms with van der Waals surface area (Å²) in [5.74, 6) is 0. The second kappa shape index (κ2) is 16.4. The first-order chi connectivity index (χ1) is 28.9. The molecule has 0 radical (unpaired) electrons. The minimum Gasteiger partial charge on any atom is -0.149 e. The van der Waals surface area contributed by atoms with Gasteiger partial charge in [0.1, 0.15) is 0 Å². The molecule has 0 aliphatic rings. The normalized spacial score (nSPS) is 11.4. The Morgan fingerprint density at radius 1 is 0.254 bits per heavy atom. The molecule has 0 fully saturated rings. The molecule has 0 heterocycles. The lowest BCUT2D eigenvalue weighted by Gasteiger charge is -2.38. The average Bonchev–Trinajstić information content (AvgIpc) is 3.30. The molecule has 0 amide bonds. The Hall–Kier alpha value is -6.51. The van der Waals surface area contributed by atoms with E-state index in [0.29, 0.717) is 0 Å². The molecule has 284 valence electrons. The van der Waals surface area contributed by atoms with E-state index in [4.69, 9.17) is 0 Å². The highest BCUT2D eigenvalue weighted by Crippen LogP contribution is 2.41. The summed E-state index contributed by atoms with van der Waals surface area (Å²) in [6.07, 6.45) is 0. The average molecular weight is 794 g/mol. The molecule has 0 aliphatic carbocycles. The van der Waals surface area contributed by atoms with Crippen LogP contribution in [0.3, 0.4) is 0 Å². The third-order valence-corrected chi connectivity index (χ3v) is 17.0. The number of hydrogen-bond donors (Lipinski definition) is 0. The van der Waals surface area contributed by atoms with Crippen LogP contribution in [0.25, 0.3) is 66.8 Å². The van der Waals surface area contributed by atoms with E-state index in [2.05, 4.69) is 239 Å². The van der Waals surface area contributed by atoms with Gasteiger partial charge in [0.25, 0.3) is 7.38 Å². The number of benzene rings is 9. The zero-order valence-electron chi connectivity index (χ0n) is 33.7. The molecular weight excluding hydrogens is 748 g/mol. The maximum Gasteiger partial charge on any atom is 0.251 e. The monoisotopic (exact) mass is 792 g/mol. The number of halogens is 1. The Kier molecular flexibility index (Phi) is 10.6. The van der Waals surface area contributed by atoms with Crippen molar-refractivity contribution in [3.8, 4) is 66.8 Å². The zero-order chi connectivity index (χ0) is 40.3. The molecule has 0 bridgehead atoms. The van der Waals surface area contributed by atoms with Crippen molar-refractivity contribution in [1.82, 2.24) is 0 Å². The molecule has 0 aliphatic heterocycles. The summed E-state index contributed by atoms with van der Waals surface area (Å²) in [5, 5.41) is 3.57. The second-order valence-electron chi connectivity index (χ2n) is 15.4. The highest BCUT2D eigenvalue weighted by molar-refractivity contribution is 7.42. The maximum absolute atomic E-state index is 9.60. The van der Waals surface area contributed by atoms with Gasteiger partial charge in [-0.2, -0.15) is 0 Å². The van der Waals surface area contributed by atoms with Crippen LogP contribution in [0, 0.1) is 20.8 Å². The smallest absolute Gasteiger partial charge is 0.149 e. The molecule has 9 aromatic carbocycles. The first-order valence-corrected chi connectivity index (χ1v) is 23.4. The summed E-state index contributed by atoms with van der Waals surface area (Å²) >= 11 is 9.60. The van der Waals surface area contributed by atoms with E-state index in [-0.39, 0.29) is 0 Å².